The van der Waals surface area contributed by atoms with Crippen LogP contribution in [0.5, 0.6) is 5.75 Å². The Balaban J connectivity index is 0.00000871. The Labute approximate surface area is 389 Å². The summed E-state index contributed by atoms with van der Waals surface area (Å²) in [6.45, 7) is 4.63. The molecular weight excluding hydrogens is 889 g/mol. The number of aliphatic hydroxyl groups is 1. The Morgan fingerprint density at radius 2 is 1.73 bits per heavy atom. The number of hydrogen-bond donors (Lipinski definition) is 2. The molecule has 0 radical (unpaired) electrons. The molecule has 5 rings (SSSR count). The van der Waals surface area contributed by atoms with Crippen LogP contribution in [0, 0.1) is 5.92 Å². The van der Waals surface area contributed by atoms with Crippen LogP contribution in [0.2, 0.25) is 5.02 Å². The van der Waals surface area contributed by atoms with Crippen molar-refractivity contribution in [1.82, 2.24) is 10.4 Å². The van der Waals surface area contributed by atoms with Crippen molar-refractivity contribution in [3.05, 3.63) is 46.5 Å². The van der Waals surface area contributed by atoms with Crippen molar-refractivity contribution < 1.29 is 114 Å². The Hall–Kier alpha value is -4.13. The number of ether oxygens (including phenoxy) is 6. The number of fused-ring (bicyclic) bond motifs is 5. The van der Waals surface area contributed by atoms with E-state index in [1.54, 1.807) is 44.2 Å². The number of esters is 2. The van der Waals surface area contributed by atoms with E-state index in [2.05, 4.69) is 10.2 Å². The van der Waals surface area contributed by atoms with E-state index in [1.807, 2.05) is 6.92 Å². The first-order chi connectivity index (χ1) is 29.0. The third-order valence-corrected chi connectivity index (χ3v) is 12.4. The van der Waals surface area contributed by atoms with Crippen LogP contribution in [0.1, 0.15) is 64.9 Å². The van der Waals surface area contributed by atoms with E-state index in [0.29, 0.717) is 17.9 Å². The minimum Gasteiger partial charge on any atom is -0.747 e. The van der Waals surface area contributed by atoms with Gasteiger partial charge in [0, 0.05) is 26.5 Å². The molecule has 0 saturated carbocycles. The monoisotopic (exact) mass is 935 g/mol. The number of carbonyl (C=O) groups excluding carboxylic acids is 7. The van der Waals surface area contributed by atoms with Gasteiger partial charge in [0.25, 0.3) is 11.8 Å². The number of nitrogens with zero attached hydrogens (tertiary/aromatic N) is 2. The Kier molecular flexibility index (Phi) is 17.0. The van der Waals surface area contributed by atoms with E-state index in [-0.39, 0.29) is 46.1 Å². The van der Waals surface area contributed by atoms with Gasteiger partial charge in [-0.2, -0.15) is 0 Å². The largest absolute Gasteiger partial charge is 1.00 e. The number of amides is 4. The Morgan fingerprint density at radius 3 is 2.37 bits per heavy atom. The average Bonchev–Trinajstić information content (AvgIpc) is 3.81. The smallest absolute Gasteiger partial charge is 0.747 e. The minimum atomic E-state index is -5.19. The van der Waals surface area contributed by atoms with Crippen LogP contribution in [0.3, 0.4) is 0 Å². The van der Waals surface area contributed by atoms with Crippen molar-refractivity contribution in [2.75, 3.05) is 32.8 Å². The van der Waals surface area contributed by atoms with Gasteiger partial charge in [0.2, 0.25) is 5.91 Å². The van der Waals surface area contributed by atoms with Gasteiger partial charge >= 0.3 is 53.6 Å². The topological polar surface area (TPSA) is 283 Å². The molecule has 3 saturated heterocycles. The van der Waals surface area contributed by atoms with E-state index in [9.17, 15) is 51.6 Å². The van der Waals surface area contributed by atoms with Gasteiger partial charge in [-0.25, -0.2) is 18.0 Å². The summed E-state index contributed by atoms with van der Waals surface area (Å²) in [5.41, 5.74) is -1.36. The molecule has 340 valence electrons. The van der Waals surface area contributed by atoms with Crippen LogP contribution in [0.25, 0.3) is 0 Å². The predicted molar refractivity (Wildman–Crippen MR) is 210 cm³/mol. The molecule has 4 heterocycles. The number of rotatable bonds is 11. The number of carbonyl (C=O) groups is 7. The molecule has 21 nitrogen and oxygen atoms in total. The van der Waals surface area contributed by atoms with Crippen molar-refractivity contribution in [3.63, 3.8) is 0 Å². The summed E-state index contributed by atoms with van der Waals surface area (Å²) in [5, 5.41) is 11.9. The maximum atomic E-state index is 14.1. The minimum absolute atomic E-state index is 0. The standard InChI is InChI=1S/C39H48ClN3O18S.Na/c1-20-8-7-9-27(56-6)39(51)19-25(58-37(50)41-39)21(2)35-38(3,60-35)28(18-29(44)42(4)23-15-22(14-20)16-24(55-5)34(23)40)59-32(47)12-13-57-31(46)10-11-33(48)61-43-30(45)17-26(36(43)49)62(52,53)54;/h7-9,15-16,21,25-28,35,51H,10-14,17-19H2,1-6H3,(H,41,50)(H,52,53,54);/q;+1/p-1/b9-7+,20-8+;. The molecule has 0 aliphatic carbocycles. The van der Waals surface area contributed by atoms with Crippen LogP contribution < -0.4 is 44.5 Å². The molecule has 8 unspecified atom stereocenters. The Bertz CT molecular complexity index is 2170. The Morgan fingerprint density at radius 1 is 1.05 bits per heavy atom. The molecule has 4 amide bonds. The number of alkyl carbamates (subject to hydrolysis) is 1. The fraction of sp³-hybridized carbons (Fsp3) is 0.564. The first-order valence-corrected chi connectivity index (χ1v) is 21.1. The SMILES string of the molecule is COc1cc2cc(c1Cl)N(C)C(=O)CC(OC(=O)CCOC(=O)CCC(=O)ON1C(=O)CC(S(=O)(=O)[O-])C1=O)C1(C)OC1C(C)C1CC(O)(NC(=O)O1)C(OC)/C=C/C=C(\C)C2.[Na+]. The van der Waals surface area contributed by atoms with Crippen LogP contribution in [-0.4, -0.2) is 134 Å². The van der Waals surface area contributed by atoms with Crippen molar-refractivity contribution in [2.24, 2.45) is 5.92 Å². The maximum absolute atomic E-state index is 14.1. The first kappa shape index (κ1) is 51.5. The molecule has 63 heavy (non-hydrogen) atoms. The number of hydrogen-bond acceptors (Lipinski definition) is 18. The van der Waals surface area contributed by atoms with Crippen LogP contribution in [-0.2, 0) is 73.8 Å². The van der Waals surface area contributed by atoms with Gasteiger partial charge < -0.3 is 47.8 Å². The van der Waals surface area contributed by atoms with E-state index >= 15 is 0 Å². The number of hydroxylamine groups is 2. The molecule has 2 N–H and O–H groups in total. The van der Waals surface area contributed by atoms with E-state index in [4.69, 9.17) is 40.0 Å². The second-order valence-corrected chi connectivity index (χ2v) is 17.4. The second-order valence-electron chi connectivity index (χ2n) is 15.4. The van der Waals surface area contributed by atoms with E-state index in [1.165, 1.54) is 26.2 Å². The molecule has 4 bridgehead atoms. The summed E-state index contributed by atoms with van der Waals surface area (Å²) >= 11 is 6.71. The summed E-state index contributed by atoms with van der Waals surface area (Å²) in [6.07, 6.45) is -2.95. The van der Waals surface area contributed by atoms with Gasteiger partial charge in [-0.15, -0.1) is 5.06 Å². The molecule has 1 aromatic carbocycles. The zero-order valence-corrected chi connectivity index (χ0v) is 39.1. The number of halogens is 1. The van der Waals surface area contributed by atoms with Crippen molar-refractivity contribution in [3.8, 4) is 5.75 Å². The van der Waals surface area contributed by atoms with E-state index < -0.39 is 137 Å². The number of anilines is 1. The zero-order valence-electron chi connectivity index (χ0n) is 35.6. The van der Waals surface area contributed by atoms with Crippen molar-refractivity contribution in [1.29, 1.82) is 0 Å². The normalized spacial score (nSPS) is 30.1. The molecule has 8 atom stereocenters. The zero-order chi connectivity index (χ0) is 45.9. The second kappa shape index (κ2) is 20.8. The fourth-order valence-corrected chi connectivity index (χ4v) is 8.40. The van der Waals surface area contributed by atoms with Gasteiger partial charge in [-0.1, -0.05) is 42.3 Å². The van der Waals surface area contributed by atoms with Gasteiger partial charge in [-0.3, -0.25) is 29.3 Å². The predicted octanol–water partition coefficient (Wildman–Crippen LogP) is -1.48. The molecular formula is C39H47ClN3NaO18S. The third-order valence-electron chi connectivity index (χ3n) is 10.9. The maximum Gasteiger partial charge on any atom is 1.00 e. The summed E-state index contributed by atoms with van der Waals surface area (Å²) in [4.78, 5) is 94.6. The van der Waals surface area contributed by atoms with Crippen LogP contribution in [0.4, 0.5) is 10.5 Å². The van der Waals surface area contributed by atoms with Crippen LogP contribution >= 0.6 is 11.6 Å². The van der Waals surface area contributed by atoms with Gasteiger partial charge in [-0.05, 0) is 38.0 Å². The summed E-state index contributed by atoms with van der Waals surface area (Å²) < 4.78 is 67.3. The van der Waals surface area contributed by atoms with Gasteiger partial charge in [0.05, 0.1) is 51.0 Å². The molecule has 0 aromatic heterocycles. The quantitative estimate of drug-likeness (QED) is 0.0639. The molecule has 0 spiro atoms. The molecule has 24 heteroatoms. The molecule has 4 aliphatic rings. The number of imide groups is 1. The van der Waals surface area contributed by atoms with Gasteiger partial charge in [0.15, 0.2) is 5.72 Å². The first-order valence-electron chi connectivity index (χ1n) is 19.3. The molecule has 1 aromatic rings. The number of epoxide rings is 1. The summed E-state index contributed by atoms with van der Waals surface area (Å²) in [5.74, 6) is -6.89. The summed E-state index contributed by atoms with van der Waals surface area (Å²) in [7, 11) is -0.903. The van der Waals surface area contributed by atoms with E-state index in [0.717, 1.165) is 11.1 Å². The number of methoxy groups -OCH3 is 2. The fourth-order valence-electron chi connectivity index (χ4n) is 7.40. The number of nitrogens with one attached hydrogen (secondary N) is 1. The molecule has 4 aliphatic heterocycles. The van der Waals surface area contributed by atoms with Gasteiger partial charge in [0.1, 0.15) is 56.7 Å². The van der Waals surface area contributed by atoms with Crippen LogP contribution in [0.15, 0.2) is 35.9 Å². The third kappa shape index (κ3) is 12.2. The van der Waals surface area contributed by atoms with Crippen molar-refractivity contribution in [2.45, 2.75) is 107 Å². The van der Waals surface area contributed by atoms with Crippen molar-refractivity contribution >= 4 is 69.1 Å². The summed E-state index contributed by atoms with van der Waals surface area (Å²) in [6, 6.07) is 3.44. The molecule has 3 fully saturated rings. The average molecular weight is 936 g/mol. The number of allylic oxidation sites excluding steroid dienone is 3. The number of benzene rings is 1.